The summed E-state index contributed by atoms with van der Waals surface area (Å²) in [5, 5.41) is 0. The average Bonchev–Trinajstić information content (AvgIpc) is 3.00. The molecule has 2 unspecified atom stereocenters. The molecule has 2 rings (SSSR count). The molecule has 0 bridgehead atoms. The Morgan fingerprint density at radius 1 is 1.28 bits per heavy atom. The van der Waals surface area contributed by atoms with Crippen molar-refractivity contribution in [1.82, 2.24) is 4.90 Å². The van der Waals surface area contributed by atoms with Crippen molar-refractivity contribution in [2.24, 2.45) is 11.7 Å². The van der Waals surface area contributed by atoms with Crippen LogP contribution in [0.25, 0.3) is 0 Å². The van der Waals surface area contributed by atoms with E-state index in [-0.39, 0.29) is 6.04 Å². The number of hydrogen-bond donors (Lipinski definition) is 1. The summed E-state index contributed by atoms with van der Waals surface area (Å²) in [7, 11) is 0. The second-order valence-corrected chi connectivity index (χ2v) is 6.09. The van der Waals surface area contributed by atoms with E-state index in [9.17, 15) is 4.79 Å². The Kier molecular flexibility index (Phi) is 5.04. The Bertz CT molecular complexity index is 274. The van der Waals surface area contributed by atoms with Crippen molar-refractivity contribution < 1.29 is 4.79 Å². The van der Waals surface area contributed by atoms with Crippen molar-refractivity contribution in [1.29, 1.82) is 0 Å². The standard InChI is InChI=1S/C15H28N2O/c1-2-6-13(16)11-15(18)17-10-5-9-14(17)12-7-3-4-8-12/h12-14H,2-11,16H2,1H3. The number of likely N-dealkylation sites (tertiary alicyclic amines) is 1. The van der Waals surface area contributed by atoms with Crippen molar-refractivity contribution in [3.8, 4) is 0 Å². The normalized spacial score (nSPS) is 26.8. The van der Waals surface area contributed by atoms with Gasteiger partial charge in [-0.3, -0.25) is 4.79 Å². The topological polar surface area (TPSA) is 46.3 Å². The predicted molar refractivity (Wildman–Crippen MR) is 74.2 cm³/mol. The molecular weight excluding hydrogens is 224 g/mol. The summed E-state index contributed by atoms with van der Waals surface area (Å²) >= 11 is 0. The minimum atomic E-state index is 0.0623. The molecule has 0 aromatic rings. The van der Waals surface area contributed by atoms with Crippen molar-refractivity contribution >= 4 is 5.91 Å². The van der Waals surface area contributed by atoms with Crippen molar-refractivity contribution in [2.45, 2.75) is 76.8 Å². The van der Waals surface area contributed by atoms with E-state index in [4.69, 9.17) is 5.73 Å². The molecule has 2 atom stereocenters. The molecule has 2 fully saturated rings. The maximum Gasteiger partial charge on any atom is 0.224 e. The number of nitrogens with two attached hydrogens (primary N) is 1. The molecule has 18 heavy (non-hydrogen) atoms. The molecule has 1 heterocycles. The van der Waals surface area contributed by atoms with E-state index in [1.807, 2.05) is 0 Å². The average molecular weight is 252 g/mol. The fraction of sp³-hybridized carbons (Fsp3) is 0.933. The Labute approximate surface area is 111 Å². The van der Waals surface area contributed by atoms with E-state index >= 15 is 0 Å². The van der Waals surface area contributed by atoms with Gasteiger partial charge in [-0.25, -0.2) is 0 Å². The smallest absolute Gasteiger partial charge is 0.224 e. The van der Waals surface area contributed by atoms with Crippen LogP contribution in [-0.2, 0) is 4.79 Å². The van der Waals surface area contributed by atoms with Crippen LogP contribution in [0.1, 0.15) is 64.7 Å². The van der Waals surface area contributed by atoms with Gasteiger partial charge < -0.3 is 10.6 Å². The van der Waals surface area contributed by atoms with Gasteiger partial charge >= 0.3 is 0 Å². The molecule has 3 heteroatoms. The van der Waals surface area contributed by atoms with E-state index in [0.29, 0.717) is 18.4 Å². The van der Waals surface area contributed by atoms with Gasteiger partial charge in [-0.2, -0.15) is 0 Å². The molecule has 0 radical (unpaired) electrons. The summed E-state index contributed by atoms with van der Waals surface area (Å²) in [5.74, 6) is 1.09. The largest absolute Gasteiger partial charge is 0.339 e. The van der Waals surface area contributed by atoms with Crippen LogP contribution in [0, 0.1) is 5.92 Å². The first-order valence-corrected chi connectivity index (χ1v) is 7.77. The third-order valence-electron chi connectivity index (χ3n) is 4.66. The van der Waals surface area contributed by atoms with Crippen LogP contribution in [-0.4, -0.2) is 29.4 Å². The summed E-state index contributed by atoms with van der Waals surface area (Å²) in [6.45, 7) is 3.10. The molecule has 0 aromatic heterocycles. The van der Waals surface area contributed by atoms with Gasteiger partial charge in [-0.05, 0) is 38.0 Å². The molecule has 2 aliphatic rings. The number of amides is 1. The summed E-state index contributed by atoms with van der Waals surface area (Å²) in [6, 6.07) is 0.598. The molecule has 1 amide bonds. The Morgan fingerprint density at radius 3 is 2.67 bits per heavy atom. The number of hydrogen-bond acceptors (Lipinski definition) is 2. The van der Waals surface area contributed by atoms with Gasteiger partial charge in [0.2, 0.25) is 5.91 Å². The second kappa shape index (κ2) is 6.55. The molecule has 1 saturated carbocycles. The minimum Gasteiger partial charge on any atom is -0.339 e. The third-order valence-corrected chi connectivity index (χ3v) is 4.66. The quantitative estimate of drug-likeness (QED) is 0.817. The molecule has 1 aliphatic heterocycles. The van der Waals surface area contributed by atoms with E-state index in [1.165, 1.54) is 38.5 Å². The number of carbonyl (C=O) groups excluding carboxylic acids is 1. The van der Waals surface area contributed by atoms with Gasteiger partial charge in [0.15, 0.2) is 0 Å². The van der Waals surface area contributed by atoms with Crippen LogP contribution >= 0.6 is 0 Å². The first-order valence-electron chi connectivity index (χ1n) is 7.77. The highest BCUT2D eigenvalue weighted by Gasteiger charge is 2.35. The number of carbonyl (C=O) groups is 1. The second-order valence-electron chi connectivity index (χ2n) is 6.09. The van der Waals surface area contributed by atoms with Gasteiger partial charge in [0.05, 0.1) is 0 Å². The molecule has 0 aromatic carbocycles. The highest BCUT2D eigenvalue weighted by molar-refractivity contribution is 5.77. The Hall–Kier alpha value is -0.570. The zero-order valence-corrected chi connectivity index (χ0v) is 11.7. The summed E-state index contributed by atoms with van der Waals surface area (Å²) < 4.78 is 0. The van der Waals surface area contributed by atoms with E-state index in [1.54, 1.807) is 0 Å². The van der Waals surface area contributed by atoms with Crippen LogP contribution in [0.3, 0.4) is 0 Å². The zero-order valence-electron chi connectivity index (χ0n) is 11.7. The number of nitrogens with zero attached hydrogens (tertiary/aromatic N) is 1. The summed E-state index contributed by atoms with van der Waals surface area (Å²) in [6.07, 6.45) is 10.4. The van der Waals surface area contributed by atoms with E-state index in [2.05, 4.69) is 11.8 Å². The third kappa shape index (κ3) is 3.25. The molecular formula is C15H28N2O. The van der Waals surface area contributed by atoms with Gasteiger partial charge in [0, 0.05) is 25.0 Å². The fourth-order valence-corrected chi connectivity index (χ4v) is 3.75. The molecule has 2 N–H and O–H groups in total. The Morgan fingerprint density at radius 2 is 2.00 bits per heavy atom. The minimum absolute atomic E-state index is 0.0623. The van der Waals surface area contributed by atoms with Crippen molar-refractivity contribution in [2.75, 3.05) is 6.54 Å². The number of rotatable bonds is 5. The maximum atomic E-state index is 12.3. The van der Waals surface area contributed by atoms with Gasteiger partial charge in [0.25, 0.3) is 0 Å². The van der Waals surface area contributed by atoms with Crippen LogP contribution in [0.2, 0.25) is 0 Å². The molecule has 3 nitrogen and oxygen atoms in total. The van der Waals surface area contributed by atoms with Gasteiger partial charge in [-0.1, -0.05) is 26.2 Å². The van der Waals surface area contributed by atoms with Crippen LogP contribution in [0.15, 0.2) is 0 Å². The first kappa shape index (κ1) is 13.9. The summed E-state index contributed by atoms with van der Waals surface area (Å²) in [5.41, 5.74) is 6.00. The molecule has 0 spiro atoms. The molecule has 1 saturated heterocycles. The zero-order chi connectivity index (χ0) is 13.0. The highest BCUT2D eigenvalue weighted by Crippen LogP contribution is 2.35. The highest BCUT2D eigenvalue weighted by atomic mass is 16.2. The Balaban J connectivity index is 1.87. The summed E-state index contributed by atoms with van der Waals surface area (Å²) in [4.78, 5) is 14.5. The van der Waals surface area contributed by atoms with E-state index in [0.717, 1.165) is 25.3 Å². The van der Waals surface area contributed by atoms with Crippen molar-refractivity contribution in [3.63, 3.8) is 0 Å². The predicted octanol–water partition coefficient (Wildman–Crippen LogP) is 2.69. The lowest BCUT2D eigenvalue weighted by molar-refractivity contribution is -0.133. The van der Waals surface area contributed by atoms with Crippen LogP contribution in [0.4, 0.5) is 0 Å². The fourth-order valence-electron chi connectivity index (χ4n) is 3.75. The first-order chi connectivity index (χ1) is 8.72. The van der Waals surface area contributed by atoms with Gasteiger partial charge in [0.1, 0.15) is 0 Å². The van der Waals surface area contributed by atoms with Crippen LogP contribution < -0.4 is 5.73 Å². The van der Waals surface area contributed by atoms with Gasteiger partial charge in [-0.15, -0.1) is 0 Å². The van der Waals surface area contributed by atoms with Crippen molar-refractivity contribution in [3.05, 3.63) is 0 Å². The molecule has 1 aliphatic carbocycles. The lowest BCUT2D eigenvalue weighted by Crippen LogP contribution is -2.41. The maximum absolute atomic E-state index is 12.3. The lowest BCUT2D eigenvalue weighted by atomic mass is 9.95. The SMILES string of the molecule is CCCC(N)CC(=O)N1CCCC1C1CCCC1. The van der Waals surface area contributed by atoms with E-state index < -0.39 is 0 Å². The molecule has 104 valence electrons. The van der Waals surface area contributed by atoms with Crippen LogP contribution in [0.5, 0.6) is 0 Å². The lowest BCUT2D eigenvalue weighted by Gasteiger charge is -2.30. The monoisotopic (exact) mass is 252 g/mol.